The van der Waals surface area contributed by atoms with Crippen molar-refractivity contribution in [2.24, 2.45) is 5.92 Å². The van der Waals surface area contributed by atoms with Crippen LogP contribution >= 0.6 is 11.8 Å². The van der Waals surface area contributed by atoms with Crippen LogP contribution in [-0.2, 0) is 25.5 Å². The van der Waals surface area contributed by atoms with Crippen molar-refractivity contribution in [3.63, 3.8) is 0 Å². The first kappa shape index (κ1) is 29.2. The highest BCUT2D eigenvalue weighted by Gasteiger charge is 2.40. The zero-order chi connectivity index (χ0) is 27.9. The zero-order valence-corrected chi connectivity index (χ0v) is 23.5. The lowest BCUT2D eigenvalue weighted by Gasteiger charge is -2.45. The molecule has 3 heterocycles. The Balaban J connectivity index is 0.000000386. The molecular formula is C29H39N3O6S. The lowest BCUT2D eigenvalue weighted by atomic mass is 9.72. The Labute approximate surface area is 233 Å². The first-order valence-electron chi connectivity index (χ1n) is 13.7. The fourth-order valence-corrected chi connectivity index (χ4v) is 6.93. The molecule has 2 saturated heterocycles. The summed E-state index contributed by atoms with van der Waals surface area (Å²) >= 11 is 1.83. The topological polar surface area (TPSA) is 132 Å². The standard InChI is InChI=1S/C25H35N3O2S.C4H4O4/c1-28-15-16(10-12-30-25(29)21-8-4-3-5-11-26-21)13-18-17-7-6-9-20-23(17)19(14-22(18)28)24(27-20)31-2;5-3(6)1-2-4(7)8/h6-7,9,16,18,21-22,26-27H,3-5,8,10-15H2,1-2H3;1-2H,(H,5,6)(H,7,8)/b;2-1-/t16-,18?,21?,22-;/m1./s1. The lowest BCUT2D eigenvalue weighted by Crippen LogP contribution is -2.48. The fraction of sp³-hybridized carbons (Fsp3) is 0.552. The number of aromatic nitrogens is 1. The number of benzene rings is 1. The van der Waals surface area contributed by atoms with E-state index in [0.29, 0.717) is 36.6 Å². The van der Waals surface area contributed by atoms with Crippen LogP contribution in [0.15, 0.2) is 35.4 Å². The summed E-state index contributed by atoms with van der Waals surface area (Å²) in [4.78, 5) is 37.8. The second-order valence-electron chi connectivity index (χ2n) is 10.6. The van der Waals surface area contributed by atoms with E-state index in [1.54, 1.807) is 0 Å². The minimum absolute atomic E-state index is 0.0482. The van der Waals surface area contributed by atoms with E-state index in [0.717, 1.165) is 45.2 Å². The number of hydrogen-bond donors (Lipinski definition) is 4. The maximum absolute atomic E-state index is 12.5. The van der Waals surface area contributed by atoms with E-state index in [1.807, 2.05) is 11.8 Å². The molecule has 10 heteroatoms. The fourth-order valence-electron chi connectivity index (χ4n) is 6.29. The minimum atomic E-state index is -1.26. The number of likely N-dealkylation sites (tertiary alicyclic amines) is 1. The molecule has 1 aromatic heterocycles. The quantitative estimate of drug-likeness (QED) is 0.226. The molecule has 212 valence electrons. The smallest absolute Gasteiger partial charge is 0.328 e. The van der Waals surface area contributed by atoms with Gasteiger partial charge >= 0.3 is 17.9 Å². The molecule has 0 saturated carbocycles. The highest BCUT2D eigenvalue weighted by atomic mass is 32.2. The number of carboxylic acids is 2. The number of aromatic amines is 1. The van der Waals surface area contributed by atoms with Crippen molar-refractivity contribution in [2.75, 3.05) is 33.0 Å². The van der Waals surface area contributed by atoms with Crippen molar-refractivity contribution in [2.45, 2.75) is 68.0 Å². The van der Waals surface area contributed by atoms with Gasteiger partial charge < -0.3 is 30.2 Å². The molecule has 2 fully saturated rings. The molecule has 3 aliphatic rings. The molecule has 39 heavy (non-hydrogen) atoms. The number of likely N-dealkylation sites (N-methyl/N-ethyl adjacent to an activating group) is 1. The number of esters is 1. The van der Waals surface area contributed by atoms with Crippen molar-refractivity contribution in [1.29, 1.82) is 0 Å². The van der Waals surface area contributed by atoms with Crippen LogP contribution in [0.2, 0.25) is 0 Å². The number of aliphatic carboxylic acids is 2. The van der Waals surface area contributed by atoms with Crippen LogP contribution in [0.3, 0.4) is 0 Å². The molecule has 0 spiro atoms. The summed E-state index contributed by atoms with van der Waals surface area (Å²) in [6.07, 6.45) is 11.0. The highest BCUT2D eigenvalue weighted by molar-refractivity contribution is 7.98. The van der Waals surface area contributed by atoms with Gasteiger partial charge in [-0.2, -0.15) is 0 Å². The van der Waals surface area contributed by atoms with Crippen molar-refractivity contribution in [1.82, 2.24) is 15.2 Å². The Morgan fingerprint density at radius 3 is 2.64 bits per heavy atom. The summed E-state index contributed by atoms with van der Waals surface area (Å²) in [6.45, 7) is 2.56. The van der Waals surface area contributed by atoms with E-state index < -0.39 is 11.9 Å². The van der Waals surface area contributed by atoms with E-state index >= 15 is 0 Å². The molecular weight excluding hydrogens is 518 g/mol. The highest BCUT2D eigenvalue weighted by Crippen LogP contribution is 2.47. The minimum Gasteiger partial charge on any atom is -0.478 e. The number of hydrogen-bond acceptors (Lipinski definition) is 7. The summed E-state index contributed by atoms with van der Waals surface area (Å²) in [5.41, 5.74) is 4.30. The van der Waals surface area contributed by atoms with Crippen molar-refractivity contribution in [3.05, 3.63) is 41.5 Å². The van der Waals surface area contributed by atoms with Gasteiger partial charge in [-0.05, 0) is 75.1 Å². The Bertz CT molecular complexity index is 1190. The number of H-pyrrole nitrogens is 1. The van der Waals surface area contributed by atoms with Gasteiger partial charge in [0.05, 0.1) is 11.6 Å². The average molecular weight is 558 g/mol. The van der Waals surface area contributed by atoms with Gasteiger partial charge in [-0.1, -0.05) is 25.0 Å². The molecule has 4 atom stereocenters. The maximum Gasteiger partial charge on any atom is 0.328 e. The van der Waals surface area contributed by atoms with Gasteiger partial charge in [0, 0.05) is 41.6 Å². The van der Waals surface area contributed by atoms with Crippen LogP contribution in [-0.4, -0.2) is 83.1 Å². The number of thioether (sulfide) groups is 1. The van der Waals surface area contributed by atoms with Gasteiger partial charge in [-0.25, -0.2) is 9.59 Å². The first-order valence-corrected chi connectivity index (χ1v) is 14.9. The van der Waals surface area contributed by atoms with Gasteiger partial charge in [0.15, 0.2) is 0 Å². The van der Waals surface area contributed by atoms with Crippen molar-refractivity contribution >= 4 is 40.6 Å². The number of rotatable bonds is 7. The van der Waals surface area contributed by atoms with Gasteiger partial charge in [-0.3, -0.25) is 4.79 Å². The molecule has 2 aliphatic heterocycles. The van der Waals surface area contributed by atoms with Crippen molar-refractivity contribution in [3.8, 4) is 0 Å². The molecule has 9 nitrogen and oxygen atoms in total. The van der Waals surface area contributed by atoms with Crippen LogP contribution in [0.1, 0.15) is 55.6 Å². The third-order valence-corrected chi connectivity index (χ3v) is 8.84. The molecule has 1 aliphatic carbocycles. The van der Waals surface area contributed by atoms with Crippen LogP contribution < -0.4 is 5.32 Å². The van der Waals surface area contributed by atoms with E-state index in [1.165, 1.54) is 39.9 Å². The largest absolute Gasteiger partial charge is 0.478 e. The normalized spacial score (nSPS) is 24.9. The summed E-state index contributed by atoms with van der Waals surface area (Å²) in [7, 11) is 2.28. The number of nitrogens with one attached hydrogen (secondary N) is 2. The predicted octanol–water partition coefficient (Wildman–Crippen LogP) is 4.03. The molecule has 2 aromatic rings. The van der Waals surface area contributed by atoms with E-state index in [-0.39, 0.29) is 12.0 Å². The van der Waals surface area contributed by atoms with Gasteiger partial charge in [-0.15, -0.1) is 11.8 Å². The number of carbonyl (C=O) groups is 3. The SMILES string of the molecule is CSc1[nH]c2cccc3c2c1C[C@@H]1C3C[C@@H](CCOC(=O)C2CCCCCN2)CN1C.O=C(O)/C=C\C(=O)O. The summed E-state index contributed by atoms with van der Waals surface area (Å²) in [5, 5.41) is 21.8. The number of carboxylic acid groups (broad SMARTS) is 2. The molecule has 4 N–H and O–H groups in total. The second kappa shape index (κ2) is 13.5. The third-order valence-electron chi connectivity index (χ3n) is 8.09. The summed E-state index contributed by atoms with van der Waals surface area (Å²) in [5.74, 6) is -1.44. The number of piperidine rings is 1. The zero-order valence-electron chi connectivity index (χ0n) is 22.7. The van der Waals surface area contributed by atoms with Gasteiger partial charge in [0.25, 0.3) is 0 Å². The van der Waals surface area contributed by atoms with Crippen LogP contribution in [0.25, 0.3) is 10.9 Å². The molecule has 5 rings (SSSR count). The van der Waals surface area contributed by atoms with Crippen LogP contribution in [0.4, 0.5) is 0 Å². The van der Waals surface area contributed by atoms with Gasteiger partial charge in [0.2, 0.25) is 0 Å². The number of nitrogens with zero attached hydrogens (tertiary/aromatic N) is 1. The number of carbonyl (C=O) groups excluding carboxylic acids is 1. The number of ether oxygens (including phenoxy) is 1. The van der Waals surface area contributed by atoms with E-state index in [9.17, 15) is 14.4 Å². The van der Waals surface area contributed by atoms with E-state index in [2.05, 4.69) is 46.7 Å². The van der Waals surface area contributed by atoms with Gasteiger partial charge in [0.1, 0.15) is 6.04 Å². The predicted molar refractivity (Wildman–Crippen MR) is 151 cm³/mol. The Kier molecular flexibility index (Phi) is 10.1. The first-order chi connectivity index (χ1) is 18.8. The maximum atomic E-state index is 12.5. The van der Waals surface area contributed by atoms with E-state index in [4.69, 9.17) is 14.9 Å². The summed E-state index contributed by atoms with van der Waals surface area (Å²) < 4.78 is 5.72. The summed E-state index contributed by atoms with van der Waals surface area (Å²) in [6, 6.07) is 7.22. The van der Waals surface area contributed by atoms with Crippen LogP contribution in [0.5, 0.6) is 0 Å². The Hall–Kier alpha value is -2.82. The monoisotopic (exact) mass is 557 g/mol. The van der Waals surface area contributed by atoms with Crippen molar-refractivity contribution < 1.29 is 29.3 Å². The third kappa shape index (κ3) is 7.23. The molecule has 2 unspecified atom stereocenters. The second-order valence-corrected chi connectivity index (χ2v) is 11.5. The Morgan fingerprint density at radius 1 is 1.15 bits per heavy atom. The molecule has 0 radical (unpaired) electrons. The molecule has 1 aromatic carbocycles. The lowest BCUT2D eigenvalue weighted by molar-refractivity contribution is -0.146. The Morgan fingerprint density at radius 2 is 1.92 bits per heavy atom. The number of fused-ring (bicyclic) bond motifs is 2. The molecule has 0 bridgehead atoms. The molecule has 0 amide bonds. The average Bonchev–Trinajstić information content (AvgIpc) is 3.07. The van der Waals surface area contributed by atoms with Crippen LogP contribution in [0, 0.1) is 5.92 Å².